The minimum atomic E-state index is -1.03. The van der Waals surface area contributed by atoms with Crippen molar-refractivity contribution >= 4 is 52.0 Å². The number of rotatable bonds is 12. The molecule has 4 heterocycles. The molecule has 13 heteroatoms. The number of aromatic hydroxyl groups is 1. The van der Waals surface area contributed by atoms with E-state index in [1.165, 1.54) is 0 Å². The summed E-state index contributed by atoms with van der Waals surface area (Å²) in [6.07, 6.45) is 4.34. The minimum Gasteiger partial charge on any atom is -0.505 e. The molecular formula is C44H48N6O7. The van der Waals surface area contributed by atoms with E-state index in [2.05, 4.69) is 41.7 Å². The summed E-state index contributed by atoms with van der Waals surface area (Å²) in [4.78, 5) is 84.8. The Morgan fingerprint density at radius 3 is 2.51 bits per heavy atom. The Morgan fingerprint density at radius 2 is 1.77 bits per heavy atom. The van der Waals surface area contributed by atoms with Gasteiger partial charge in [-0.15, -0.1) is 0 Å². The highest BCUT2D eigenvalue weighted by Crippen LogP contribution is 2.41. The van der Waals surface area contributed by atoms with E-state index < -0.39 is 35.7 Å². The van der Waals surface area contributed by atoms with Gasteiger partial charge in [-0.05, 0) is 84.5 Å². The van der Waals surface area contributed by atoms with E-state index in [4.69, 9.17) is 0 Å². The Morgan fingerprint density at radius 1 is 1.00 bits per heavy atom. The molecule has 7 rings (SSSR count). The molecule has 2 unspecified atom stereocenters. The largest absolute Gasteiger partial charge is 0.505 e. The number of benzene rings is 3. The number of likely N-dealkylation sites (tertiary alicyclic amines) is 1. The number of imide groups is 2. The lowest BCUT2D eigenvalue weighted by molar-refractivity contribution is -0.136. The number of amides is 6. The first-order valence-corrected chi connectivity index (χ1v) is 19.6. The number of piperidine rings is 1. The molecule has 4 aromatic rings. The molecule has 0 aliphatic carbocycles. The van der Waals surface area contributed by atoms with E-state index in [1.807, 2.05) is 31.2 Å². The topological polar surface area (TPSA) is 178 Å². The lowest BCUT2D eigenvalue weighted by atomic mass is 9.81. The van der Waals surface area contributed by atoms with E-state index in [-0.39, 0.29) is 52.9 Å². The summed E-state index contributed by atoms with van der Waals surface area (Å²) in [6.45, 7) is 9.91. The summed E-state index contributed by atoms with van der Waals surface area (Å²) in [5.74, 6) is -2.18. The van der Waals surface area contributed by atoms with Gasteiger partial charge in [0.05, 0.1) is 17.2 Å². The monoisotopic (exact) mass is 772 g/mol. The van der Waals surface area contributed by atoms with Crippen molar-refractivity contribution in [2.75, 3.05) is 25.0 Å². The Kier molecular flexibility index (Phi) is 10.8. The standard InChI is InChI=1S/C44H48N6O7/c1-5-10-34(51)47-37(30-22-31(44(2,3)4)28-15-9-20-46-38(28)39(30)53)26-12-6-13-27(21-26)41(55)49-23-25(24-49)11-8-19-45-32-16-7-14-29-36(32)43(57)50(42(29)56)33-17-18-35(52)48-40(33)54/h6-7,9,12-16,20-22,25,33,37,45,53H,5,8,10-11,17-19,23-24H2,1-4H3,(H,47,51)(H,48,52,54). The summed E-state index contributed by atoms with van der Waals surface area (Å²) >= 11 is 0. The number of aromatic nitrogens is 1. The fourth-order valence-electron chi connectivity index (χ4n) is 8.12. The van der Waals surface area contributed by atoms with Gasteiger partial charge in [0, 0.05) is 60.9 Å². The summed E-state index contributed by atoms with van der Waals surface area (Å²) < 4.78 is 0. The number of phenols is 1. The van der Waals surface area contributed by atoms with Gasteiger partial charge >= 0.3 is 0 Å². The molecule has 2 fully saturated rings. The molecule has 4 N–H and O–H groups in total. The highest BCUT2D eigenvalue weighted by Gasteiger charge is 2.45. The molecule has 0 saturated carbocycles. The summed E-state index contributed by atoms with van der Waals surface area (Å²) in [5.41, 5.74) is 3.79. The van der Waals surface area contributed by atoms with Crippen molar-refractivity contribution in [3.05, 3.63) is 100 Å². The first-order valence-electron chi connectivity index (χ1n) is 19.6. The van der Waals surface area contributed by atoms with Crippen LogP contribution in [0.2, 0.25) is 0 Å². The maximum atomic E-state index is 13.8. The van der Waals surface area contributed by atoms with Crippen LogP contribution in [0.4, 0.5) is 5.69 Å². The van der Waals surface area contributed by atoms with Crippen LogP contribution in [0.25, 0.3) is 10.9 Å². The fourth-order valence-corrected chi connectivity index (χ4v) is 8.12. The van der Waals surface area contributed by atoms with Crippen LogP contribution < -0.4 is 16.0 Å². The molecule has 0 bridgehead atoms. The summed E-state index contributed by atoms with van der Waals surface area (Å²) in [7, 11) is 0. The van der Waals surface area contributed by atoms with Gasteiger partial charge in [-0.2, -0.15) is 0 Å². The first kappa shape index (κ1) is 39.1. The van der Waals surface area contributed by atoms with Crippen LogP contribution in [0.1, 0.15) is 120 Å². The number of carbonyl (C=O) groups excluding carboxylic acids is 6. The SMILES string of the molecule is CCCC(=O)NC(c1cccc(C(=O)N2CC(CCCNc3cccc4c3C(=O)N(C3CCC(=O)NC3=O)C4=O)C2)c1)c1cc(C(C)(C)C)c2cccnc2c1O. The average Bonchev–Trinajstić information content (AvgIpc) is 3.42. The average molecular weight is 773 g/mol. The lowest BCUT2D eigenvalue weighted by Crippen LogP contribution is -2.54. The van der Waals surface area contributed by atoms with Crippen LogP contribution >= 0.6 is 0 Å². The van der Waals surface area contributed by atoms with Crippen molar-refractivity contribution in [1.29, 1.82) is 0 Å². The number of fused-ring (bicyclic) bond motifs is 2. The van der Waals surface area contributed by atoms with Gasteiger partial charge in [0.15, 0.2) is 0 Å². The normalized spacial score (nSPS) is 17.6. The maximum Gasteiger partial charge on any atom is 0.264 e. The van der Waals surface area contributed by atoms with Crippen molar-refractivity contribution in [3.8, 4) is 5.75 Å². The number of anilines is 1. The van der Waals surface area contributed by atoms with Crippen molar-refractivity contribution < 1.29 is 33.9 Å². The second-order valence-electron chi connectivity index (χ2n) is 16.2. The molecule has 57 heavy (non-hydrogen) atoms. The molecule has 2 atom stereocenters. The second kappa shape index (κ2) is 15.8. The number of nitrogens with one attached hydrogen (secondary N) is 3. The van der Waals surface area contributed by atoms with Gasteiger partial charge in [0.1, 0.15) is 17.3 Å². The zero-order chi connectivity index (χ0) is 40.6. The first-order chi connectivity index (χ1) is 27.3. The van der Waals surface area contributed by atoms with Crippen LogP contribution in [0.3, 0.4) is 0 Å². The third-order valence-corrected chi connectivity index (χ3v) is 11.1. The molecule has 3 aromatic carbocycles. The van der Waals surface area contributed by atoms with Gasteiger partial charge in [0.25, 0.3) is 17.7 Å². The predicted octanol–water partition coefficient (Wildman–Crippen LogP) is 5.61. The van der Waals surface area contributed by atoms with Crippen LogP contribution in [0.5, 0.6) is 5.75 Å². The number of pyridine rings is 1. The van der Waals surface area contributed by atoms with Crippen LogP contribution in [-0.2, 0) is 19.8 Å². The highest BCUT2D eigenvalue weighted by molar-refractivity contribution is 6.25. The van der Waals surface area contributed by atoms with Gasteiger partial charge in [-0.3, -0.25) is 44.0 Å². The maximum absolute atomic E-state index is 13.8. The van der Waals surface area contributed by atoms with E-state index in [0.717, 1.165) is 28.7 Å². The third kappa shape index (κ3) is 7.70. The number of phenolic OH excluding ortho intramolecular Hbond substituents is 1. The minimum absolute atomic E-state index is 0.0110. The molecule has 296 valence electrons. The Bertz CT molecular complexity index is 2290. The van der Waals surface area contributed by atoms with E-state index in [1.54, 1.807) is 47.5 Å². The van der Waals surface area contributed by atoms with Gasteiger partial charge < -0.3 is 20.6 Å². The fraction of sp³-hybridized carbons (Fsp3) is 0.386. The van der Waals surface area contributed by atoms with Gasteiger partial charge in [-0.1, -0.05) is 52.0 Å². The molecule has 0 radical (unpaired) electrons. The smallest absolute Gasteiger partial charge is 0.264 e. The van der Waals surface area contributed by atoms with Crippen molar-refractivity contribution in [2.45, 2.75) is 83.7 Å². The van der Waals surface area contributed by atoms with Crippen LogP contribution in [0, 0.1) is 5.92 Å². The number of hydrogen-bond donors (Lipinski definition) is 4. The molecule has 13 nitrogen and oxygen atoms in total. The Hall–Kier alpha value is -6.11. The quantitative estimate of drug-likeness (QED) is 0.105. The predicted molar refractivity (Wildman–Crippen MR) is 214 cm³/mol. The van der Waals surface area contributed by atoms with E-state index in [0.29, 0.717) is 60.4 Å². The summed E-state index contributed by atoms with van der Waals surface area (Å²) in [6, 6.07) is 16.2. The second-order valence-corrected chi connectivity index (χ2v) is 16.2. The third-order valence-electron chi connectivity index (χ3n) is 11.1. The molecule has 0 spiro atoms. The van der Waals surface area contributed by atoms with Crippen LogP contribution in [-0.4, -0.2) is 81.0 Å². The number of hydrogen-bond acceptors (Lipinski definition) is 9. The van der Waals surface area contributed by atoms with Crippen LogP contribution in [0.15, 0.2) is 66.9 Å². The molecule has 2 saturated heterocycles. The zero-order valence-corrected chi connectivity index (χ0v) is 32.7. The lowest BCUT2D eigenvalue weighted by Gasteiger charge is -2.39. The number of nitrogens with zero attached hydrogens (tertiary/aromatic N) is 3. The zero-order valence-electron chi connectivity index (χ0n) is 32.7. The Labute approximate surface area is 331 Å². The van der Waals surface area contributed by atoms with Crippen molar-refractivity contribution in [2.24, 2.45) is 5.92 Å². The Balaban J connectivity index is 0.994. The van der Waals surface area contributed by atoms with Crippen molar-refractivity contribution in [3.63, 3.8) is 0 Å². The highest BCUT2D eigenvalue weighted by atomic mass is 16.3. The van der Waals surface area contributed by atoms with Gasteiger partial charge in [0.2, 0.25) is 17.7 Å². The number of carbonyl (C=O) groups is 6. The summed E-state index contributed by atoms with van der Waals surface area (Å²) in [5, 5.41) is 21.1. The van der Waals surface area contributed by atoms with Gasteiger partial charge in [-0.25, -0.2) is 0 Å². The molecular weight excluding hydrogens is 725 g/mol. The molecule has 6 amide bonds. The molecule has 3 aliphatic rings. The van der Waals surface area contributed by atoms with E-state index >= 15 is 0 Å². The molecule has 3 aliphatic heterocycles. The molecule has 1 aromatic heterocycles. The van der Waals surface area contributed by atoms with Crippen molar-refractivity contribution in [1.82, 2.24) is 25.4 Å². The van der Waals surface area contributed by atoms with E-state index in [9.17, 15) is 33.9 Å².